The SMILES string of the molecule is COc1cccc(NC(=O)c2ccc(C)c(S(=O)(=O)N3CCCCC3)c2)c1. The van der Waals surface area contributed by atoms with Gasteiger partial charge >= 0.3 is 0 Å². The Hall–Kier alpha value is -2.38. The number of rotatable bonds is 5. The lowest BCUT2D eigenvalue weighted by Crippen LogP contribution is -2.36. The molecule has 2 aromatic carbocycles. The second-order valence-electron chi connectivity index (χ2n) is 6.63. The van der Waals surface area contributed by atoms with Gasteiger partial charge in [-0.25, -0.2) is 8.42 Å². The summed E-state index contributed by atoms with van der Waals surface area (Å²) < 4.78 is 32.7. The van der Waals surface area contributed by atoms with Crippen LogP contribution >= 0.6 is 0 Å². The summed E-state index contributed by atoms with van der Waals surface area (Å²) in [5.41, 5.74) is 1.53. The fourth-order valence-corrected chi connectivity index (χ4v) is 4.94. The Morgan fingerprint density at radius 2 is 1.81 bits per heavy atom. The zero-order chi connectivity index (χ0) is 19.4. The summed E-state index contributed by atoms with van der Waals surface area (Å²) in [4.78, 5) is 12.8. The van der Waals surface area contributed by atoms with Gasteiger partial charge in [0.05, 0.1) is 12.0 Å². The van der Waals surface area contributed by atoms with Crippen molar-refractivity contribution in [2.75, 3.05) is 25.5 Å². The number of benzene rings is 2. The molecular formula is C20H24N2O4S. The molecule has 0 aliphatic carbocycles. The first kappa shape index (κ1) is 19.4. The highest BCUT2D eigenvalue weighted by Crippen LogP contribution is 2.25. The highest BCUT2D eigenvalue weighted by Gasteiger charge is 2.28. The highest BCUT2D eigenvalue weighted by atomic mass is 32.2. The Bertz CT molecular complexity index is 935. The summed E-state index contributed by atoms with van der Waals surface area (Å²) in [6.45, 7) is 2.81. The molecule has 0 radical (unpaired) electrons. The van der Waals surface area contributed by atoms with Gasteiger partial charge in [-0.1, -0.05) is 18.6 Å². The normalized spacial score (nSPS) is 15.3. The van der Waals surface area contributed by atoms with Gasteiger partial charge < -0.3 is 10.1 Å². The van der Waals surface area contributed by atoms with E-state index in [0.29, 0.717) is 35.7 Å². The first-order valence-electron chi connectivity index (χ1n) is 8.98. The van der Waals surface area contributed by atoms with Crippen molar-refractivity contribution in [2.24, 2.45) is 0 Å². The molecule has 0 saturated carbocycles. The topological polar surface area (TPSA) is 75.7 Å². The molecule has 1 fully saturated rings. The average molecular weight is 388 g/mol. The van der Waals surface area contributed by atoms with Gasteiger partial charge in [0.2, 0.25) is 10.0 Å². The maximum Gasteiger partial charge on any atom is 0.255 e. The third kappa shape index (κ3) is 4.31. The summed E-state index contributed by atoms with van der Waals surface area (Å²) in [6, 6.07) is 11.8. The Morgan fingerprint density at radius 1 is 1.07 bits per heavy atom. The van der Waals surface area contributed by atoms with Gasteiger partial charge in [-0.2, -0.15) is 4.31 Å². The van der Waals surface area contributed by atoms with Crippen LogP contribution in [0.5, 0.6) is 5.75 Å². The molecule has 1 aliphatic rings. The molecule has 0 spiro atoms. The number of nitrogens with one attached hydrogen (secondary N) is 1. The maximum atomic E-state index is 13.0. The number of carbonyl (C=O) groups excluding carboxylic acids is 1. The third-order valence-corrected chi connectivity index (χ3v) is 6.75. The molecule has 1 saturated heterocycles. The molecule has 2 aromatic rings. The molecule has 0 unspecified atom stereocenters. The van der Waals surface area contributed by atoms with Gasteiger partial charge in [-0.15, -0.1) is 0 Å². The van der Waals surface area contributed by atoms with E-state index in [0.717, 1.165) is 19.3 Å². The van der Waals surface area contributed by atoms with E-state index in [4.69, 9.17) is 4.74 Å². The lowest BCUT2D eigenvalue weighted by molar-refractivity contribution is 0.102. The number of amides is 1. The molecule has 1 N–H and O–H groups in total. The second-order valence-corrected chi connectivity index (χ2v) is 8.54. The van der Waals surface area contributed by atoms with Crippen molar-refractivity contribution in [3.05, 3.63) is 53.6 Å². The molecule has 144 valence electrons. The largest absolute Gasteiger partial charge is 0.497 e. The molecule has 1 heterocycles. The van der Waals surface area contributed by atoms with Crippen LogP contribution in [0.2, 0.25) is 0 Å². The smallest absolute Gasteiger partial charge is 0.255 e. The number of anilines is 1. The summed E-state index contributed by atoms with van der Waals surface area (Å²) in [7, 11) is -2.04. The van der Waals surface area contributed by atoms with E-state index in [1.807, 2.05) is 0 Å². The Kier molecular flexibility index (Phi) is 5.82. The molecule has 7 heteroatoms. The van der Waals surface area contributed by atoms with Crippen molar-refractivity contribution in [3.8, 4) is 5.75 Å². The number of hydrogen-bond donors (Lipinski definition) is 1. The van der Waals surface area contributed by atoms with Gasteiger partial charge in [0, 0.05) is 30.4 Å². The molecule has 3 rings (SSSR count). The van der Waals surface area contributed by atoms with E-state index in [2.05, 4.69) is 5.32 Å². The number of carbonyl (C=O) groups is 1. The van der Waals surface area contributed by atoms with Crippen molar-refractivity contribution in [2.45, 2.75) is 31.1 Å². The summed E-state index contributed by atoms with van der Waals surface area (Å²) in [5.74, 6) is 0.267. The monoisotopic (exact) mass is 388 g/mol. The van der Waals surface area contributed by atoms with Crippen LogP contribution in [0.4, 0.5) is 5.69 Å². The Balaban J connectivity index is 1.87. The quantitative estimate of drug-likeness (QED) is 0.851. The summed E-state index contributed by atoms with van der Waals surface area (Å²) in [5, 5.41) is 2.78. The van der Waals surface area contributed by atoms with E-state index in [1.54, 1.807) is 50.4 Å². The number of piperidine rings is 1. The van der Waals surface area contributed by atoms with Crippen LogP contribution in [-0.4, -0.2) is 38.8 Å². The predicted octanol–water partition coefficient (Wildman–Crippen LogP) is 3.43. The minimum absolute atomic E-state index is 0.197. The van der Waals surface area contributed by atoms with Gasteiger partial charge in [-0.05, 0) is 49.6 Å². The number of methoxy groups -OCH3 is 1. The predicted molar refractivity (Wildman–Crippen MR) is 105 cm³/mol. The summed E-state index contributed by atoms with van der Waals surface area (Å²) in [6.07, 6.45) is 2.79. The number of nitrogens with zero attached hydrogens (tertiary/aromatic N) is 1. The fraction of sp³-hybridized carbons (Fsp3) is 0.350. The van der Waals surface area contributed by atoms with Crippen LogP contribution in [0.3, 0.4) is 0 Å². The first-order valence-corrected chi connectivity index (χ1v) is 10.4. The van der Waals surface area contributed by atoms with Crippen LogP contribution < -0.4 is 10.1 Å². The van der Waals surface area contributed by atoms with E-state index < -0.39 is 10.0 Å². The molecule has 1 aliphatic heterocycles. The van der Waals surface area contributed by atoms with Crippen molar-refractivity contribution in [1.29, 1.82) is 0 Å². The minimum atomic E-state index is -3.60. The summed E-state index contributed by atoms with van der Waals surface area (Å²) >= 11 is 0. The molecule has 0 atom stereocenters. The number of sulfonamides is 1. The molecule has 1 amide bonds. The van der Waals surface area contributed by atoms with Gasteiger partial charge in [0.1, 0.15) is 5.75 Å². The molecule has 0 aromatic heterocycles. The van der Waals surface area contributed by atoms with Crippen molar-refractivity contribution in [1.82, 2.24) is 4.31 Å². The minimum Gasteiger partial charge on any atom is -0.497 e. The van der Waals surface area contributed by atoms with Crippen LogP contribution in [0.1, 0.15) is 35.2 Å². The van der Waals surface area contributed by atoms with E-state index >= 15 is 0 Å². The zero-order valence-electron chi connectivity index (χ0n) is 15.6. The molecule has 27 heavy (non-hydrogen) atoms. The zero-order valence-corrected chi connectivity index (χ0v) is 16.4. The van der Waals surface area contributed by atoms with E-state index in [1.165, 1.54) is 10.4 Å². The Labute approximate surface area is 160 Å². The molecule has 0 bridgehead atoms. The van der Waals surface area contributed by atoms with Gasteiger partial charge in [-0.3, -0.25) is 4.79 Å². The third-order valence-electron chi connectivity index (χ3n) is 4.71. The van der Waals surface area contributed by atoms with Crippen LogP contribution in [-0.2, 0) is 10.0 Å². The van der Waals surface area contributed by atoms with E-state index in [9.17, 15) is 13.2 Å². The lowest BCUT2D eigenvalue weighted by atomic mass is 10.1. The van der Waals surface area contributed by atoms with E-state index in [-0.39, 0.29) is 10.8 Å². The van der Waals surface area contributed by atoms with Crippen LogP contribution in [0.15, 0.2) is 47.4 Å². The number of ether oxygens (including phenoxy) is 1. The first-order chi connectivity index (χ1) is 12.9. The lowest BCUT2D eigenvalue weighted by Gasteiger charge is -2.26. The van der Waals surface area contributed by atoms with Crippen molar-refractivity contribution >= 4 is 21.6 Å². The Morgan fingerprint density at radius 3 is 2.52 bits per heavy atom. The highest BCUT2D eigenvalue weighted by molar-refractivity contribution is 7.89. The average Bonchev–Trinajstić information content (AvgIpc) is 2.69. The fourth-order valence-electron chi connectivity index (χ4n) is 3.17. The van der Waals surface area contributed by atoms with Gasteiger partial charge in [0.15, 0.2) is 0 Å². The van der Waals surface area contributed by atoms with Gasteiger partial charge in [0.25, 0.3) is 5.91 Å². The second kappa shape index (κ2) is 8.10. The number of aryl methyl sites for hydroxylation is 1. The van der Waals surface area contributed by atoms with Crippen LogP contribution in [0.25, 0.3) is 0 Å². The number of hydrogen-bond acceptors (Lipinski definition) is 4. The maximum absolute atomic E-state index is 13.0. The van der Waals surface area contributed by atoms with Crippen LogP contribution in [0, 0.1) is 6.92 Å². The van der Waals surface area contributed by atoms with Crippen molar-refractivity contribution in [3.63, 3.8) is 0 Å². The van der Waals surface area contributed by atoms with Crippen molar-refractivity contribution < 1.29 is 17.9 Å². The standard InChI is InChI=1S/C20H24N2O4S/c1-15-9-10-16(20(23)21-17-7-6-8-18(14-17)26-2)13-19(15)27(24,25)22-11-4-3-5-12-22/h6-10,13-14H,3-5,11-12H2,1-2H3,(H,21,23). The molecule has 6 nitrogen and oxygen atoms in total. The molecular weight excluding hydrogens is 364 g/mol.